The summed E-state index contributed by atoms with van der Waals surface area (Å²) in [5, 5.41) is 2.20. The smallest absolute Gasteiger partial charge is 0.127 e. The van der Waals surface area contributed by atoms with Gasteiger partial charge in [-0.25, -0.2) is 4.39 Å². The van der Waals surface area contributed by atoms with E-state index in [1.807, 2.05) is 66.7 Å². The van der Waals surface area contributed by atoms with Gasteiger partial charge in [-0.2, -0.15) is 0 Å². The first-order valence-corrected chi connectivity index (χ1v) is 8.45. The van der Waals surface area contributed by atoms with Crippen molar-refractivity contribution in [2.75, 3.05) is 6.61 Å². The predicted octanol–water partition coefficient (Wildman–Crippen LogP) is 5.70. The fourth-order valence-electron chi connectivity index (χ4n) is 2.72. The van der Waals surface area contributed by atoms with Gasteiger partial charge in [-0.05, 0) is 28.0 Å². The van der Waals surface area contributed by atoms with Crippen molar-refractivity contribution in [1.82, 2.24) is 0 Å². The van der Waals surface area contributed by atoms with Gasteiger partial charge < -0.3 is 4.74 Å². The minimum atomic E-state index is -1.02. The maximum Gasteiger partial charge on any atom is 0.127 e. The van der Waals surface area contributed by atoms with Gasteiger partial charge in [0.2, 0.25) is 0 Å². The Morgan fingerprint density at radius 2 is 1.65 bits per heavy atom. The van der Waals surface area contributed by atoms with E-state index >= 15 is 0 Å². The Hall–Kier alpha value is -1.71. The van der Waals surface area contributed by atoms with Crippen LogP contribution in [0.1, 0.15) is 11.1 Å². The SMILES string of the molecule is FC(COCc1ccccc1)Cc1cccc2cccc(Br)c12. The predicted molar refractivity (Wildman–Crippen MR) is 96.3 cm³/mol. The highest BCUT2D eigenvalue weighted by atomic mass is 79.9. The Bertz CT molecular complexity index is 768. The van der Waals surface area contributed by atoms with E-state index in [9.17, 15) is 4.39 Å². The quantitative estimate of drug-likeness (QED) is 0.539. The number of halogens is 2. The lowest BCUT2D eigenvalue weighted by atomic mass is 10.0. The summed E-state index contributed by atoms with van der Waals surface area (Å²) in [6.07, 6.45) is -0.661. The summed E-state index contributed by atoms with van der Waals surface area (Å²) in [4.78, 5) is 0. The molecule has 1 nitrogen and oxygen atoms in total. The van der Waals surface area contributed by atoms with E-state index in [0.29, 0.717) is 13.0 Å². The summed E-state index contributed by atoms with van der Waals surface area (Å²) in [6, 6.07) is 21.9. The molecule has 0 fully saturated rings. The molecule has 0 aliphatic carbocycles. The van der Waals surface area contributed by atoms with Crippen molar-refractivity contribution in [2.45, 2.75) is 19.2 Å². The molecule has 1 unspecified atom stereocenters. The van der Waals surface area contributed by atoms with Crippen LogP contribution in [0.25, 0.3) is 10.8 Å². The van der Waals surface area contributed by atoms with Gasteiger partial charge in [-0.15, -0.1) is 0 Å². The van der Waals surface area contributed by atoms with Crippen LogP contribution >= 0.6 is 15.9 Å². The molecule has 0 saturated carbocycles. The van der Waals surface area contributed by atoms with Gasteiger partial charge in [0, 0.05) is 10.9 Å². The van der Waals surface area contributed by atoms with Crippen LogP contribution in [-0.2, 0) is 17.8 Å². The van der Waals surface area contributed by atoms with E-state index < -0.39 is 6.17 Å². The monoisotopic (exact) mass is 372 g/mol. The van der Waals surface area contributed by atoms with Crippen molar-refractivity contribution < 1.29 is 9.13 Å². The zero-order valence-corrected chi connectivity index (χ0v) is 14.3. The maximum atomic E-state index is 14.3. The topological polar surface area (TPSA) is 9.23 Å². The highest BCUT2D eigenvalue weighted by Gasteiger charge is 2.12. The van der Waals surface area contributed by atoms with Gasteiger partial charge >= 0.3 is 0 Å². The lowest BCUT2D eigenvalue weighted by Gasteiger charge is -2.12. The second-order valence-electron chi connectivity index (χ2n) is 5.56. The molecule has 0 spiro atoms. The van der Waals surface area contributed by atoms with Gasteiger partial charge in [-0.3, -0.25) is 0 Å². The fourth-order valence-corrected chi connectivity index (χ4v) is 3.35. The van der Waals surface area contributed by atoms with Crippen LogP contribution in [0.4, 0.5) is 4.39 Å². The maximum absolute atomic E-state index is 14.3. The number of rotatable bonds is 6. The summed E-state index contributed by atoms with van der Waals surface area (Å²) in [7, 11) is 0. The van der Waals surface area contributed by atoms with E-state index in [0.717, 1.165) is 26.4 Å². The molecule has 0 saturated heterocycles. The molecular weight excluding hydrogens is 355 g/mol. The molecule has 3 aromatic carbocycles. The summed E-state index contributed by atoms with van der Waals surface area (Å²) in [5.41, 5.74) is 2.07. The first-order chi connectivity index (χ1) is 11.2. The molecule has 0 radical (unpaired) electrons. The van der Waals surface area contributed by atoms with Crippen LogP contribution in [0.3, 0.4) is 0 Å². The lowest BCUT2D eigenvalue weighted by Crippen LogP contribution is -2.13. The van der Waals surface area contributed by atoms with E-state index in [-0.39, 0.29) is 6.61 Å². The third-order valence-electron chi connectivity index (χ3n) is 3.79. The second-order valence-corrected chi connectivity index (χ2v) is 6.41. The average molecular weight is 373 g/mol. The van der Waals surface area contributed by atoms with Crippen LogP contribution in [0, 0.1) is 0 Å². The zero-order valence-electron chi connectivity index (χ0n) is 12.7. The average Bonchev–Trinajstić information content (AvgIpc) is 2.56. The summed E-state index contributed by atoms with van der Waals surface area (Å²) < 4.78 is 20.8. The van der Waals surface area contributed by atoms with Crippen LogP contribution in [0.15, 0.2) is 71.2 Å². The number of benzene rings is 3. The van der Waals surface area contributed by atoms with Crippen molar-refractivity contribution in [3.8, 4) is 0 Å². The van der Waals surface area contributed by atoms with Gasteiger partial charge in [0.25, 0.3) is 0 Å². The highest BCUT2D eigenvalue weighted by Crippen LogP contribution is 2.28. The van der Waals surface area contributed by atoms with Gasteiger partial charge in [0.15, 0.2) is 0 Å². The minimum absolute atomic E-state index is 0.107. The van der Waals surface area contributed by atoms with Crippen molar-refractivity contribution in [3.05, 3.63) is 82.3 Å². The third-order valence-corrected chi connectivity index (χ3v) is 4.45. The van der Waals surface area contributed by atoms with Crippen LogP contribution in [0.5, 0.6) is 0 Å². The Kier molecular flexibility index (Phi) is 5.42. The van der Waals surface area contributed by atoms with Crippen LogP contribution in [-0.4, -0.2) is 12.8 Å². The molecule has 0 N–H and O–H groups in total. The Morgan fingerprint density at radius 3 is 2.43 bits per heavy atom. The van der Waals surface area contributed by atoms with Crippen molar-refractivity contribution in [1.29, 1.82) is 0 Å². The molecule has 3 heteroatoms. The van der Waals surface area contributed by atoms with Gasteiger partial charge in [0.05, 0.1) is 13.2 Å². The number of fused-ring (bicyclic) bond motifs is 1. The molecular formula is C20H18BrFO. The van der Waals surface area contributed by atoms with Crippen LogP contribution < -0.4 is 0 Å². The molecule has 1 atom stereocenters. The van der Waals surface area contributed by atoms with Gasteiger partial charge in [0.1, 0.15) is 6.17 Å². The highest BCUT2D eigenvalue weighted by molar-refractivity contribution is 9.10. The normalized spacial score (nSPS) is 12.4. The third kappa shape index (κ3) is 4.18. The molecule has 0 bridgehead atoms. The van der Waals surface area contributed by atoms with E-state index in [1.165, 1.54) is 0 Å². The number of hydrogen-bond donors (Lipinski definition) is 0. The Balaban J connectivity index is 1.63. The number of hydrogen-bond acceptors (Lipinski definition) is 1. The first-order valence-electron chi connectivity index (χ1n) is 7.66. The summed E-state index contributed by atoms with van der Waals surface area (Å²) in [6.45, 7) is 0.552. The standard InChI is InChI=1S/C20H18BrFO/c21-19-11-5-9-16-8-4-10-17(20(16)19)12-18(22)14-23-13-15-6-2-1-3-7-15/h1-11,18H,12-14H2. The van der Waals surface area contributed by atoms with E-state index in [2.05, 4.69) is 15.9 Å². The van der Waals surface area contributed by atoms with Crippen molar-refractivity contribution >= 4 is 26.7 Å². The zero-order chi connectivity index (χ0) is 16.1. The first kappa shape index (κ1) is 16.2. The second kappa shape index (κ2) is 7.71. The summed E-state index contributed by atoms with van der Waals surface area (Å²) in [5.74, 6) is 0. The Labute approximate surface area is 144 Å². The van der Waals surface area contributed by atoms with E-state index in [4.69, 9.17) is 4.74 Å². The number of ether oxygens (including phenoxy) is 1. The Morgan fingerprint density at radius 1 is 0.913 bits per heavy atom. The molecule has 3 aromatic rings. The fraction of sp³-hybridized carbons (Fsp3) is 0.200. The molecule has 3 rings (SSSR count). The van der Waals surface area contributed by atoms with E-state index in [1.54, 1.807) is 0 Å². The molecule has 118 valence electrons. The molecule has 0 aromatic heterocycles. The molecule has 0 aliphatic heterocycles. The summed E-state index contributed by atoms with van der Waals surface area (Å²) >= 11 is 3.57. The molecule has 23 heavy (non-hydrogen) atoms. The number of alkyl halides is 1. The lowest BCUT2D eigenvalue weighted by molar-refractivity contribution is 0.0699. The molecule has 0 heterocycles. The minimum Gasteiger partial charge on any atom is -0.374 e. The van der Waals surface area contributed by atoms with Gasteiger partial charge in [-0.1, -0.05) is 76.6 Å². The molecule has 0 amide bonds. The van der Waals surface area contributed by atoms with Crippen LogP contribution in [0.2, 0.25) is 0 Å². The largest absolute Gasteiger partial charge is 0.374 e. The molecule has 0 aliphatic rings. The van der Waals surface area contributed by atoms with Crippen molar-refractivity contribution in [3.63, 3.8) is 0 Å². The van der Waals surface area contributed by atoms with Crippen molar-refractivity contribution in [2.24, 2.45) is 0 Å².